The number of furan rings is 1. The number of nitrogens with one attached hydrogen (secondary N) is 2. The number of anilines is 1. The van der Waals surface area contributed by atoms with E-state index in [4.69, 9.17) is 4.42 Å². The van der Waals surface area contributed by atoms with Crippen LogP contribution in [0.25, 0.3) is 17.4 Å². The van der Waals surface area contributed by atoms with E-state index in [1.54, 1.807) is 24.5 Å². The average Bonchev–Trinajstić information content (AvgIpc) is 3.45. The monoisotopic (exact) mass is 431 g/mol. The van der Waals surface area contributed by atoms with Crippen LogP contribution in [0.15, 0.2) is 70.1 Å². The lowest BCUT2D eigenvalue weighted by atomic mass is 9.96. The fourth-order valence-electron chi connectivity index (χ4n) is 3.51. The zero-order valence-corrected chi connectivity index (χ0v) is 18.2. The number of H-pyrrole nitrogens is 1. The van der Waals surface area contributed by atoms with Gasteiger partial charge in [-0.15, -0.1) is 0 Å². The quantitative estimate of drug-likeness (QED) is 0.449. The number of nitrogens with zero attached hydrogens (tertiary/aromatic N) is 3. The topological polar surface area (TPSA) is 106 Å². The molecule has 2 N–H and O–H groups in total. The molecule has 0 aliphatic rings. The maximum atomic E-state index is 13.2. The number of carbonyl (C=O) groups excluding carboxylic acids is 1. The van der Waals surface area contributed by atoms with Gasteiger partial charge in [0.05, 0.1) is 17.9 Å². The summed E-state index contributed by atoms with van der Waals surface area (Å²) in [4.78, 5) is 32.7. The Bertz CT molecular complexity index is 1260. The summed E-state index contributed by atoms with van der Waals surface area (Å²) in [5.41, 5.74) is 1.78. The lowest BCUT2D eigenvalue weighted by molar-refractivity contribution is -0.117. The predicted molar refractivity (Wildman–Crippen MR) is 122 cm³/mol. The molecule has 1 atom stereocenters. The smallest absolute Gasteiger partial charge is 0.252 e. The summed E-state index contributed by atoms with van der Waals surface area (Å²) >= 11 is 0. The van der Waals surface area contributed by atoms with Crippen molar-refractivity contribution in [1.82, 2.24) is 19.7 Å². The van der Waals surface area contributed by atoms with Gasteiger partial charge in [0.1, 0.15) is 11.5 Å². The number of carbonyl (C=O) groups is 1. The van der Waals surface area contributed by atoms with Gasteiger partial charge in [0.25, 0.3) is 5.56 Å². The highest BCUT2D eigenvalue weighted by molar-refractivity contribution is 5.95. The predicted octanol–water partition coefficient (Wildman–Crippen LogP) is 4.47. The second-order valence-electron chi connectivity index (χ2n) is 7.81. The Morgan fingerprint density at radius 3 is 2.59 bits per heavy atom. The molecule has 0 spiro atoms. The minimum absolute atomic E-state index is 0.0525. The van der Waals surface area contributed by atoms with Crippen molar-refractivity contribution in [3.8, 4) is 17.4 Å². The molecule has 3 aromatic heterocycles. The standard InChI is InChI=1S/C24H25N5O3/c1-4-17(16-9-6-5-7-10-16)23(31)26-21-13-19(20-11-8-12-32-20)28-29(21)24-25-18(15(2)3)14-22(30)27-24/h5-15,17H,4H2,1-3H3,(H,26,31)(H,25,27,30)/t17-/m0/s1. The molecule has 0 fully saturated rings. The maximum Gasteiger partial charge on any atom is 0.252 e. The summed E-state index contributed by atoms with van der Waals surface area (Å²) < 4.78 is 6.90. The largest absolute Gasteiger partial charge is 0.463 e. The molecule has 0 radical (unpaired) electrons. The normalized spacial score (nSPS) is 12.1. The number of aromatic nitrogens is 4. The number of benzene rings is 1. The van der Waals surface area contributed by atoms with Crippen LogP contribution in [0.2, 0.25) is 0 Å². The third kappa shape index (κ3) is 4.39. The summed E-state index contributed by atoms with van der Waals surface area (Å²) in [6.45, 7) is 5.88. The van der Waals surface area contributed by atoms with Crippen LogP contribution < -0.4 is 10.9 Å². The minimum Gasteiger partial charge on any atom is -0.463 e. The molecule has 8 nitrogen and oxygen atoms in total. The van der Waals surface area contributed by atoms with Crippen molar-refractivity contribution in [2.45, 2.75) is 39.0 Å². The summed E-state index contributed by atoms with van der Waals surface area (Å²) in [6.07, 6.45) is 2.18. The van der Waals surface area contributed by atoms with Gasteiger partial charge in [0, 0.05) is 12.1 Å². The van der Waals surface area contributed by atoms with E-state index in [9.17, 15) is 9.59 Å². The second-order valence-corrected chi connectivity index (χ2v) is 7.81. The molecular formula is C24H25N5O3. The van der Waals surface area contributed by atoms with E-state index in [1.807, 2.05) is 51.1 Å². The molecule has 4 aromatic rings. The first-order valence-corrected chi connectivity index (χ1v) is 10.6. The molecule has 3 heterocycles. The van der Waals surface area contributed by atoms with Crippen LogP contribution in [0.5, 0.6) is 0 Å². The molecule has 0 aliphatic carbocycles. The molecule has 164 valence electrons. The highest BCUT2D eigenvalue weighted by atomic mass is 16.3. The molecule has 1 aromatic carbocycles. The molecule has 0 saturated carbocycles. The fraction of sp³-hybridized carbons (Fsp3) is 0.250. The van der Waals surface area contributed by atoms with Crippen LogP contribution in [0, 0.1) is 0 Å². The number of rotatable bonds is 7. The fourth-order valence-corrected chi connectivity index (χ4v) is 3.51. The van der Waals surface area contributed by atoms with Crippen molar-refractivity contribution < 1.29 is 9.21 Å². The van der Waals surface area contributed by atoms with Gasteiger partial charge in [-0.1, -0.05) is 51.1 Å². The van der Waals surface area contributed by atoms with E-state index in [0.29, 0.717) is 29.4 Å². The van der Waals surface area contributed by atoms with E-state index < -0.39 is 0 Å². The third-order valence-corrected chi connectivity index (χ3v) is 5.20. The van der Waals surface area contributed by atoms with E-state index in [-0.39, 0.29) is 29.3 Å². The second kappa shape index (κ2) is 9.05. The number of hydrogen-bond donors (Lipinski definition) is 2. The lowest BCUT2D eigenvalue weighted by Crippen LogP contribution is -2.23. The lowest BCUT2D eigenvalue weighted by Gasteiger charge is -2.16. The van der Waals surface area contributed by atoms with Crippen molar-refractivity contribution in [1.29, 1.82) is 0 Å². The van der Waals surface area contributed by atoms with E-state index >= 15 is 0 Å². The Labute approximate surface area is 185 Å². The molecule has 0 saturated heterocycles. The molecule has 0 unspecified atom stereocenters. The summed E-state index contributed by atoms with van der Waals surface area (Å²) in [6, 6.07) is 16.3. The molecular weight excluding hydrogens is 406 g/mol. The Hall–Kier alpha value is -3.94. The molecule has 0 aliphatic heterocycles. The summed E-state index contributed by atoms with van der Waals surface area (Å²) in [7, 11) is 0. The van der Waals surface area contributed by atoms with Crippen LogP contribution in [-0.2, 0) is 4.79 Å². The molecule has 8 heteroatoms. The molecule has 4 rings (SSSR count). The zero-order valence-electron chi connectivity index (χ0n) is 18.2. The van der Waals surface area contributed by atoms with Gasteiger partial charge < -0.3 is 9.73 Å². The van der Waals surface area contributed by atoms with Gasteiger partial charge in [-0.2, -0.15) is 9.78 Å². The van der Waals surface area contributed by atoms with E-state index in [1.165, 1.54) is 10.7 Å². The number of hydrogen-bond acceptors (Lipinski definition) is 5. The van der Waals surface area contributed by atoms with Crippen molar-refractivity contribution in [3.63, 3.8) is 0 Å². The number of amides is 1. The van der Waals surface area contributed by atoms with Gasteiger partial charge in [-0.05, 0) is 30.0 Å². The Balaban J connectivity index is 1.76. The summed E-state index contributed by atoms with van der Waals surface area (Å²) in [5, 5.41) is 7.52. The summed E-state index contributed by atoms with van der Waals surface area (Å²) in [5.74, 6) is 0.698. The third-order valence-electron chi connectivity index (χ3n) is 5.20. The van der Waals surface area contributed by atoms with Crippen LogP contribution in [0.4, 0.5) is 5.82 Å². The first-order chi connectivity index (χ1) is 15.5. The van der Waals surface area contributed by atoms with Crippen LogP contribution >= 0.6 is 0 Å². The van der Waals surface area contributed by atoms with E-state index in [0.717, 1.165) is 5.56 Å². The van der Waals surface area contributed by atoms with Crippen LogP contribution in [0.1, 0.15) is 50.3 Å². The first-order valence-electron chi connectivity index (χ1n) is 10.6. The van der Waals surface area contributed by atoms with Crippen molar-refractivity contribution >= 4 is 11.7 Å². The Kier molecular flexibility index (Phi) is 6.02. The molecule has 32 heavy (non-hydrogen) atoms. The van der Waals surface area contributed by atoms with Gasteiger partial charge in [0.15, 0.2) is 5.76 Å². The molecule has 0 bridgehead atoms. The van der Waals surface area contributed by atoms with Gasteiger partial charge in [0.2, 0.25) is 11.9 Å². The van der Waals surface area contributed by atoms with Crippen molar-refractivity contribution in [3.05, 3.63) is 82.5 Å². The van der Waals surface area contributed by atoms with Gasteiger partial charge >= 0.3 is 0 Å². The minimum atomic E-state index is -0.333. The highest BCUT2D eigenvalue weighted by Gasteiger charge is 2.22. The Morgan fingerprint density at radius 2 is 1.94 bits per heavy atom. The van der Waals surface area contributed by atoms with Gasteiger partial charge in [-0.3, -0.25) is 14.6 Å². The van der Waals surface area contributed by atoms with E-state index in [2.05, 4.69) is 20.4 Å². The maximum absolute atomic E-state index is 13.2. The average molecular weight is 431 g/mol. The van der Waals surface area contributed by atoms with Gasteiger partial charge in [-0.25, -0.2) is 4.98 Å². The highest BCUT2D eigenvalue weighted by Crippen LogP contribution is 2.27. The Morgan fingerprint density at radius 1 is 1.16 bits per heavy atom. The SMILES string of the molecule is CC[C@H](C(=O)Nc1cc(-c2ccco2)nn1-c1nc(C(C)C)cc(=O)[nH]1)c1ccccc1. The number of aromatic amines is 1. The van der Waals surface area contributed by atoms with Crippen LogP contribution in [0.3, 0.4) is 0 Å². The van der Waals surface area contributed by atoms with Crippen molar-refractivity contribution in [2.24, 2.45) is 0 Å². The van der Waals surface area contributed by atoms with Crippen molar-refractivity contribution in [2.75, 3.05) is 5.32 Å². The first kappa shape index (κ1) is 21.3. The zero-order chi connectivity index (χ0) is 22.7. The van der Waals surface area contributed by atoms with Crippen LogP contribution in [-0.4, -0.2) is 25.7 Å². The molecule has 1 amide bonds.